The van der Waals surface area contributed by atoms with Gasteiger partial charge in [0, 0.05) is 13.1 Å². The van der Waals surface area contributed by atoms with Crippen LogP contribution in [0.3, 0.4) is 0 Å². The number of H-pyrrole nitrogens is 1. The largest absolute Gasteiger partial charge is 0.393 e. The maximum Gasteiger partial charge on any atom is 0.0827 e. The molecule has 0 radical (unpaired) electrons. The second kappa shape index (κ2) is 3.61. The normalized spacial score (nSPS) is 18.9. The van der Waals surface area contributed by atoms with Gasteiger partial charge in [-0.1, -0.05) is 0 Å². The molecule has 2 heterocycles. The highest BCUT2D eigenvalue weighted by molar-refractivity contribution is 5.54. The number of piperidine rings is 1. The first-order chi connectivity index (χ1) is 6.68. The topological polar surface area (TPSA) is 52.2 Å². The molecule has 1 aliphatic heterocycles. The molecule has 0 atom stereocenters. The van der Waals surface area contributed by atoms with Crippen molar-refractivity contribution < 1.29 is 5.11 Å². The van der Waals surface area contributed by atoms with Gasteiger partial charge in [0.15, 0.2) is 0 Å². The third-order valence-electron chi connectivity index (χ3n) is 2.87. The third kappa shape index (κ3) is 1.62. The van der Waals surface area contributed by atoms with Crippen molar-refractivity contribution in [2.24, 2.45) is 0 Å². The lowest BCUT2D eigenvalue weighted by molar-refractivity contribution is 0.145. The Morgan fingerprint density at radius 1 is 1.36 bits per heavy atom. The SMILES string of the molecule is Cc1n[nH]c(C)c1N1CCC(O)CC1. The van der Waals surface area contributed by atoms with Crippen LogP contribution in [0.25, 0.3) is 0 Å². The number of hydrogen-bond acceptors (Lipinski definition) is 3. The van der Waals surface area contributed by atoms with E-state index in [2.05, 4.69) is 15.1 Å². The predicted molar refractivity (Wildman–Crippen MR) is 55.5 cm³/mol. The molecule has 4 heteroatoms. The van der Waals surface area contributed by atoms with Crippen molar-refractivity contribution in [2.45, 2.75) is 32.8 Å². The molecule has 1 aromatic heterocycles. The molecular formula is C10H17N3O. The Hall–Kier alpha value is -1.03. The van der Waals surface area contributed by atoms with Crippen molar-refractivity contribution in [2.75, 3.05) is 18.0 Å². The number of rotatable bonds is 1. The van der Waals surface area contributed by atoms with Crippen LogP contribution in [0.5, 0.6) is 0 Å². The number of nitrogens with one attached hydrogen (secondary N) is 1. The molecule has 78 valence electrons. The van der Waals surface area contributed by atoms with Gasteiger partial charge >= 0.3 is 0 Å². The second-order valence-corrected chi connectivity index (χ2v) is 4.00. The first-order valence-electron chi connectivity index (χ1n) is 5.13. The first-order valence-corrected chi connectivity index (χ1v) is 5.13. The Morgan fingerprint density at radius 2 is 2.00 bits per heavy atom. The van der Waals surface area contributed by atoms with E-state index in [9.17, 15) is 5.11 Å². The van der Waals surface area contributed by atoms with Crippen molar-refractivity contribution in [3.63, 3.8) is 0 Å². The summed E-state index contributed by atoms with van der Waals surface area (Å²) < 4.78 is 0. The fourth-order valence-electron chi connectivity index (χ4n) is 2.10. The second-order valence-electron chi connectivity index (χ2n) is 4.00. The van der Waals surface area contributed by atoms with Gasteiger partial charge < -0.3 is 10.0 Å². The molecule has 1 aliphatic rings. The van der Waals surface area contributed by atoms with Gasteiger partial charge in [-0.2, -0.15) is 5.10 Å². The van der Waals surface area contributed by atoms with Crippen LogP contribution in [0.4, 0.5) is 5.69 Å². The first kappa shape index (κ1) is 9.52. The standard InChI is InChI=1S/C10H17N3O/c1-7-10(8(2)12-11-7)13-5-3-9(14)4-6-13/h9,14H,3-6H2,1-2H3,(H,11,12). The van der Waals surface area contributed by atoms with Crippen molar-refractivity contribution in [1.29, 1.82) is 0 Å². The fraction of sp³-hybridized carbons (Fsp3) is 0.700. The van der Waals surface area contributed by atoms with Crippen molar-refractivity contribution in [3.8, 4) is 0 Å². The molecule has 0 saturated carbocycles. The molecule has 0 spiro atoms. The molecule has 1 fully saturated rings. The van der Waals surface area contributed by atoms with Crippen molar-refractivity contribution >= 4 is 5.69 Å². The zero-order valence-electron chi connectivity index (χ0n) is 8.75. The zero-order chi connectivity index (χ0) is 10.1. The van der Waals surface area contributed by atoms with Gasteiger partial charge in [-0.15, -0.1) is 0 Å². The van der Waals surface area contributed by atoms with E-state index in [0.29, 0.717) is 0 Å². The van der Waals surface area contributed by atoms with E-state index in [1.807, 2.05) is 13.8 Å². The van der Waals surface area contributed by atoms with Gasteiger partial charge in [0.05, 0.1) is 23.2 Å². The number of anilines is 1. The Morgan fingerprint density at radius 3 is 2.50 bits per heavy atom. The summed E-state index contributed by atoms with van der Waals surface area (Å²) in [5, 5.41) is 16.6. The van der Waals surface area contributed by atoms with E-state index in [0.717, 1.165) is 37.3 Å². The summed E-state index contributed by atoms with van der Waals surface area (Å²) in [6, 6.07) is 0. The summed E-state index contributed by atoms with van der Waals surface area (Å²) >= 11 is 0. The Labute approximate surface area is 83.9 Å². The Kier molecular flexibility index (Phi) is 2.46. The van der Waals surface area contributed by atoms with Crippen LogP contribution < -0.4 is 4.90 Å². The summed E-state index contributed by atoms with van der Waals surface area (Å²) in [5.74, 6) is 0. The molecule has 0 unspecified atom stereocenters. The van der Waals surface area contributed by atoms with Crippen LogP contribution in [-0.2, 0) is 0 Å². The molecule has 4 nitrogen and oxygen atoms in total. The van der Waals surface area contributed by atoms with Crippen LogP contribution in [0, 0.1) is 13.8 Å². The van der Waals surface area contributed by atoms with E-state index >= 15 is 0 Å². The van der Waals surface area contributed by atoms with E-state index in [-0.39, 0.29) is 6.10 Å². The number of aliphatic hydroxyl groups is 1. The van der Waals surface area contributed by atoms with Gasteiger partial charge in [0.25, 0.3) is 0 Å². The van der Waals surface area contributed by atoms with Crippen molar-refractivity contribution in [3.05, 3.63) is 11.4 Å². The molecule has 0 amide bonds. The van der Waals surface area contributed by atoms with Gasteiger partial charge in [0.1, 0.15) is 0 Å². The van der Waals surface area contributed by atoms with Gasteiger partial charge in [-0.05, 0) is 26.7 Å². The maximum atomic E-state index is 9.41. The molecule has 0 bridgehead atoms. The fourth-order valence-corrected chi connectivity index (χ4v) is 2.10. The lowest BCUT2D eigenvalue weighted by Gasteiger charge is -2.31. The number of hydrogen-bond donors (Lipinski definition) is 2. The molecule has 2 rings (SSSR count). The zero-order valence-corrected chi connectivity index (χ0v) is 8.75. The van der Waals surface area contributed by atoms with Crippen LogP contribution in [-0.4, -0.2) is 34.5 Å². The molecule has 2 N–H and O–H groups in total. The molecule has 1 aromatic rings. The minimum atomic E-state index is -0.112. The number of nitrogens with zero attached hydrogens (tertiary/aromatic N) is 2. The predicted octanol–water partition coefficient (Wildman–Crippen LogP) is 0.988. The summed E-state index contributed by atoms with van der Waals surface area (Å²) in [4.78, 5) is 2.31. The molecule has 0 aliphatic carbocycles. The quantitative estimate of drug-likeness (QED) is 0.702. The van der Waals surface area contributed by atoms with E-state index < -0.39 is 0 Å². The molecule has 0 aromatic carbocycles. The number of aromatic nitrogens is 2. The number of aryl methyl sites for hydroxylation is 2. The highest BCUT2D eigenvalue weighted by atomic mass is 16.3. The summed E-state index contributed by atoms with van der Waals surface area (Å²) in [6.07, 6.45) is 1.62. The highest BCUT2D eigenvalue weighted by Crippen LogP contribution is 2.25. The summed E-state index contributed by atoms with van der Waals surface area (Å²) in [6.45, 7) is 5.93. The van der Waals surface area contributed by atoms with E-state index in [1.54, 1.807) is 0 Å². The average molecular weight is 195 g/mol. The minimum absolute atomic E-state index is 0.112. The van der Waals surface area contributed by atoms with Crippen LogP contribution in [0.15, 0.2) is 0 Å². The lowest BCUT2D eigenvalue weighted by atomic mass is 10.1. The van der Waals surface area contributed by atoms with Gasteiger partial charge in [0.2, 0.25) is 0 Å². The van der Waals surface area contributed by atoms with Crippen molar-refractivity contribution in [1.82, 2.24) is 10.2 Å². The number of aromatic amines is 1. The lowest BCUT2D eigenvalue weighted by Crippen LogP contribution is -2.36. The van der Waals surface area contributed by atoms with Gasteiger partial charge in [-0.25, -0.2) is 0 Å². The maximum absolute atomic E-state index is 9.41. The molecule has 14 heavy (non-hydrogen) atoms. The summed E-state index contributed by atoms with van der Waals surface area (Å²) in [7, 11) is 0. The highest BCUT2D eigenvalue weighted by Gasteiger charge is 2.20. The Balaban J connectivity index is 2.15. The van der Waals surface area contributed by atoms with Crippen LogP contribution in [0.2, 0.25) is 0 Å². The third-order valence-corrected chi connectivity index (χ3v) is 2.87. The van der Waals surface area contributed by atoms with E-state index in [4.69, 9.17) is 0 Å². The van der Waals surface area contributed by atoms with E-state index in [1.165, 1.54) is 5.69 Å². The number of aliphatic hydroxyl groups excluding tert-OH is 1. The average Bonchev–Trinajstić information content (AvgIpc) is 2.49. The molecular weight excluding hydrogens is 178 g/mol. The Bertz CT molecular complexity index is 294. The smallest absolute Gasteiger partial charge is 0.0827 e. The minimum Gasteiger partial charge on any atom is -0.393 e. The van der Waals surface area contributed by atoms with Crippen LogP contribution >= 0.6 is 0 Å². The van der Waals surface area contributed by atoms with Gasteiger partial charge in [-0.3, -0.25) is 5.10 Å². The van der Waals surface area contributed by atoms with Crippen LogP contribution in [0.1, 0.15) is 24.2 Å². The molecule has 1 saturated heterocycles. The monoisotopic (exact) mass is 195 g/mol. The summed E-state index contributed by atoms with van der Waals surface area (Å²) in [5.41, 5.74) is 3.40.